The maximum absolute atomic E-state index is 12.8. The van der Waals surface area contributed by atoms with Crippen LogP contribution in [0.5, 0.6) is 0 Å². The first kappa shape index (κ1) is 24.2. The summed E-state index contributed by atoms with van der Waals surface area (Å²) >= 11 is 13.0. The molecule has 3 rings (SSSR count). The summed E-state index contributed by atoms with van der Waals surface area (Å²) in [4.78, 5) is 14.3. The van der Waals surface area contributed by atoms with E-state index in [1.807, 2.05) is 22.4 Å². The van der Waals surface area contributed by atoms with Crippen LogP contribution in [0, 0.1) is 0 Å². The average molecular weight is 508 g/mol. The monoisotopic (exact) mass is 507 g/mol. The maximum atomic E-state index is 12.8. The number of carbonyl (C=O) groups is 1. The lowest BCUT2D eigenvalue weighted by molar-refractivity contribution is -0.114. The van der Waals surface area contributed by atoms with Crippen LogP contribution in [-0.4, -0.2) is 36.6 Å². The van der Waals surface area contributed by atoms with Crippen LogP contribution in [0.15, 0.2) is 70.9 Å². The molecule has 3 aromatic rings. The molecule has 6 nitrogen and oxygen atoms in total. The Hall–Kier alpha value is -2.46. The minimum absolute atomic E-state index is 0.0940. The molecular weight excluding hydrogens is 486 g/mol. The lowest BCUT2D eigenvalue weighted by Crippen LogP contribution is -2.37. The number of amides is 1. The predicted molar refractivity (Wildman–Crippen MR) is 135 cm³/mol. The van der Waals surface area contributed by atoms with Crippen molar-refractivity contribution in [3.63, 3.8) is 0 Å². The van der Waals surface area contributed by atoms with Gasteiger partial charge in [0, 0.05) is 34.7 Å². The van der Waals surface area contributed by atoms with E-state index in [1.54, 1.807) is 47.7 Å². The highest BCUT2D eigenvalue weighted by atomic mass is 35.5. The van der Waals surface area contributed by atoms with Gasteiger partial charge in [0.2, 0.25) is 5.91 Å². The molecule has 0 spiro atoms. The second kappa shape index (κ2) is 10.9. The molecule has 0 saturated heterocycles. The van der Waals surface area contributed by atoms with Crippen LogP contribution in [0.1, 0.15) is 11.8 Å². The van der Waals surface area contributed by atoms with Gasteiger partial charge >= 0.3 is 0 Å². The van der Waals surface area contributed by atoms with Crippen molar-refractivity contribution in [1.82, 2.24) is 4.90 Å². The molecule has 0 fully saturated rings. The standard InChI is InChI=1S/C22H22ClN3O3S3/c1-16(27)24-18-6-8-19(9-7-18)25-22(30)26(15-20-3-2-13-31-20)12-14-32(28,29)21-10-4-17(23)5-11-21/h2-11,13H,12,14-15H2,1H3,(H,24,27)(H,25,30). The minimum Gasteiger partial charge on any atom is -0.343 e. The van der Waals surface area contributed by atoms with E-state index >= 15 is 0 Å². The van der Waals surface area contributed by atoms with Gasteiger partial charge in [-0.05, 0) is 72.2 Å². The Bertz CT molecular complexity index is 1160. The Morgan fingerprint density at radius 3 is 2.22 bits per heavy atom. The molecule has 2 N–H and O–H groups in total. The van der Waals surface area contributed by atoms with Crippen molar-refractivity contribution < 1.29 is 13.2 Å². The van der Waals surface area contributed by atoms with Gasteiger partial charge in [0.1, 0.15) is 0 Å². The lowest BCUT2D eigenvalue weighted by atomic mass is 10.3. The number of rotatable bonds is 8. The summed E-state index contributed by atoms with van der Waals surface area (Å²) < 4.78 is 25.6. The number of halogens is 1. The molecule has 1 aromatic heterocycles. The minimum atomic E-state index is -3.50. The van der Waals surface area contributed by atoms with Crippen LogP contribution in [0.2, 0.25) is 5.02 Å². The van der Waals surface area contributed by atoms with Gasteiger partial charge in [-0.25, -0.2) is 8.42 Å². The molecule has 2 aromatic carbocycles. The Kier molecular flexibility index (Phi) is 8.25. The summed E-state index contributed by atoms with van der Waals surface area (Å²) in [5.74, 6) is -0.242. The third-order valence-electron chi connectivity index (χ3n) is 4.47. The molecule has 0 aliphatic heterocycles. The second-order valence-electron chi connectivity index (χ2n) is 6.96. The highest BCUT2D eigenvalue weighted by molar-refractivity contribution is 7.91. The van der Waals surface area contributed by atoms with Gasteiger partial charge in [-0.3, -0.25) is 4.79 Å². The van der Waals surface area contributed by atoms with Gasteiger partial charge in [-0.1, -0.05) is 17.7 Å². The lowest BCUT2D eigenvalue weighted by Gasteiger charge is -2.25. The van der Waals surface area contributed by atoms with E-state index in [4.69, 9.17) is 23.8 Å². The smallest absolute Gasteiger partial charge is 0.221 e. The van der Waals surface area contributed by atoms with E-state index < -0.39 is 9.84 Å². The fraction of sp³-hybridized carbons (Fsp3) is 0.182. The topological polar surface area (TPSA) is 78.5 Å². The Morgan fingerprint density at radius 2 is 1.66 bits per heavy atom. The van der Waals surface area contributed by atoms with Crippen LogP contribution in [0.4, 0.5) is 11.4 Å². The fourth-order valence-electron chi connectivity index (χ4n) is 2.88. The number of nitrogens with one attached hydrogen (secondary N) is 2. The number of hydrogen-bond acceptors (Lipinski definition) is 5. The zero-order chi connectivity index (χ0) is 23.1. The molecule has 1 heterocycles. The number of sulfone groups is 1. The van der Waals surface area contributed by atoms with Crippen molar-refractivity contribution in [2.75, 3.05) is 22.9 Å². The van der Waals surface area contributed by atoms with Crippen LogP contribution in [-0.2, 0) is 21.2 Å². The number of carbonyl (C=O) groups excluding carboxylic acids is 1. The van der Waals surface area contributed by atoms with Crippen LogP contribution >= 0.6 is 35.2 Å². The number of hydrogen-bond donors (Lipinski definition) is 2. The Morgan fingerprint density at radius 1 is 1.03 bits per heavy atom. The Balaban J connectivity index is 1.71. The SMILES string of the molecule is CC(=O)Nc1ccc(NC(=S)N(CCS(=O)(=O)c2ccc(Cl)cc2)Cc2cccs2)cc1. The van der Waals surface area contributed by atoms with Gasteiger partial charge in [0.05, 0.1) is 17.2 Å². The second-order valence-corrected chi connectivity index (χ2v) is 10.9. The fourth-order valence-corrected chi connectivity index (χ4v) is 5.24. The first-order valence-electron chi connectivity index (χ1n) is 9.67. The zero-order valence-electron chi connectivity index (χ0n) is 17.2. The van der Waals surface area contributed by atoms with E-state index in [2.05, 4.69) is 10.6 Å². The van der Waals surface area contributed by atoms with Crippen molar-refractivity contribution in [1.29, 1.82) is 0 Å². The van der Waals surface area contributed by atoms with Crippen molar-refractivity contribution >= 4 is 67.4 Å². The summed E-state index contributed by atoms with van der Waals surface area (Å²) in [6, 6.07) is 17.2. The number of thiophene rings is 1. The first-order valence-corrected chi connectivity index (χ1v) is 13.0. The molecule has 0 saturated carbocycles. The van der Waals surface area contributed by atoms with Crippen LogP contribution < -0.4 is 10.6 Å². The molecule has 0 unspecified atom stereocenters. The number of benzene rings is 2. The van der Waals surface area contributed by atoms with Gasteiger partial charge < -0.3 is 15.5 Å². The molecule has 0 bridgehead atoms. The van der Waals surface area contributed by atoms with E-state index in [9.17, 15) is 13.2 Å². The summed E-state index contributed by atoms with van der Waals surface area (Å²) in [6.07, 6.45) is 0. The van der Waals surface area contributed by atoms with Gasteiger partial charge in [0.25, 0.3) is 0 Å². The normalized spacial score (nSPS) is 11.1. The average Bonchev–Trinajstić information content (AvgIpc) is 3.25. The molecule has 1 amide bonds. The number of anilines is 2. The highest BCUT2D eigenvalue weighted by Gasteiger charge is 2.19. The third kappa shape index (κ3) is 7.03. The predicted octanol–water partition coefficient (Wildman–Crippen LogP) is 5.03. The number of nitrogens with zero attached hydrogens (tertiary/aromatic N) is 1. The quantitative estimate of drug-likeness (QED) is 0.416. The molecule has 10 heteroatoms. The van der Waals surface area contributed by atoms with E-state index in [-0.39, 0.29) is 23.1 Å². The van der Waals surface area contributed by atoms with Gasteiger partial charge in [0.15, 0.2) is 14.9 Å². The summed E-state index contributed by atoms with van der Waals surface area (Å²) in [7, 11) is -3.50. The van der Waals surface area contributed by atoms with Crippen molar-refractivity contribution in [3.8, 4) is 0 Å². The van der Waals surface area contributed by atoms with Gasteiger partial charge in [-0.2, -0.15) is 0 Å². The number of thiocarbonyl (C=S) groups is 1. The molecule has 0 aliphatic carbocycles. The molecule has 0 atom stereocenters. The summed E-state index contributed by atoms with van der Waals surface area (Å²) in [5, 5.41) is 8.73. The summed E-state index contributed by atoms with van der Waals surface area (Å²) in [5.41, 5.74) is 1.42. The highest BCUT2D eigenvalue weighted by Crippen LogP contribution is 2.19. The third-order valence-corrected chi connectivity index (χ3v) is 7.66. The molecule has 168 valence electrons. The van der Waals surface area contributed by atoms with Crippen LogP contribution in [0.25, 0.3) is 0 Å². The molecule has 32 heavy (non-hydrogen) atoms. The van der Waals surface area contributed by atoms with E-state index in [0.717, 1.165) is 10.6 Å². The zero-order valence-corrected chi connectivity index (χ0v) is 20.5. The molecule has 0 radical (unpaired) electrons. The van der Waals surface area contributed by atoms with Crippen molar-refractivity contribution in [2.24, 2.45) is 0 Å². The molecule has 0 aliphatic rings. The van der Waals surface area contributed by atoms with E-state index in [0.29, 0.717) is 22.4 Å². The maximum Gasteiger partial charge on any atom is 0.221 e. The molecular formula is C22H22ClN3O3S3. The van der Waals surface area contributed by atoms with Crippen molar-refractivity contribution in [2.45, 2.75) is 18.4 Å². The van der Waals surface area contributed by atoms with Crippen molar-refractivity contribution in [3.05, 3.63) is 75.9 Å². The summed E-state index contributed by atoms with van der Waals surface area (Å²) in [6.45, 7) is 2.16. The Labute approximate surface area is 202 Å². The largest absolute Gasteiger partial charge is 0.343 e. The van der Waals surface area contributed by atoms with Gasteiger partial charge in [-0.15, -0.1) is 11.3 Å². The first-order chi connectivity index (χ1) is 15.2. The van der Waals surface area contributed by atoms with E-state index in [1.165, 1.54) is 19.1 Å². The van der Waals surface area contributed by atoms with Crippen LogP contribution in [0.3, 0.4) is 0 Å².